The Labute approximate surface area is 765 Å². The molecule has 18 rings (SSSR count). The summed E-state index contributed by atoms with van der Waals surface area (Å²) in [6.45, 7) is 12.1. The molecule has 45 radical (unpaired) electrons. The number of hydrogen-bond donors (Lipinski definition) is 4. The Kier molecular flexibility index (Phi) is 37.6. The minimum absolute atomic E-state index is 0.786. The van der Waals surface area contributed by atoms with Crippen molar-refractivity contribution >= 4 is 434 Å². The van der Waals surface area contributed by atoms with Crippen LogP contribution in [0.3, 0.4) is 0 Å². The van der Waals surface area contributed by atoms with Crippen LogP contribution in [0.2, 0.25) is 52.4 Å². The maximum atomic E-state index is 12.1. The molecule has 0 aromatic heterocycles. The van der Waals surface area contributed by atoms with Gasteiger partial charge in [-0.2, -0.15) is 0 Å². The maximum absolute atomic E-state index is 12.1. The molecule has 18 fully saturated rings. The third kappa shape index (κ3) is 28.4. The van der Waals surface area contributed by atoms with Gasteiger partial charge in [0.1, 0.15) is 0 Å². The molecule has 0 amide bonds. The third-order valence-corrected chi connectivity index (χ3v) is 112. The topological polar surface area (TPSA) is 662 Å². The quantitative estimate of drug-likeness (QED) is 0.177. The normalized spacial score (nSPS) is 35.0. The lowest BCUT2D eigenvalue weighted by Gasteiger charge is -2.38. The zero-order chi connectivity index (χ0) is 84.1. The Balaban J connectivity index is 0.863. The second-order valence-corrected chi connectivity index (χ2v) is 103. The van der Waals surface area contributed by atoms with Crippen molar-refractivity contribution in [3.8, 4) is 0 Å². The van der Waals surface area contributed by atoms with Crippen LogP contribution in [0.5, 0.6) is 0 Å². The summed E-state index contributed by atoms with van der Waals surface area (Å²) >= 11 is 0. The molecule has 1 spiro atoms. The van der Waals surface area contributed by atoms with E-state index in [0.717, 1.165) is 0 Å². The van der Waals surface area contributed by atoms with E-state index in [1.165, 1.54) is 33.3 Å². The summed E-state index contributed by atoms with van der Waals surface area (Å²) in [5.74, 6) is 0. The largest absolute Gasteiger partial charge is 0.559 e. The first kappa shape index (κ1) is 99.4. The highest BCUT2D eigenvalue weighted by molar-refractivity contribution is 7.25. The first-order valence-corrected chi connectivity index (χ1v) is 93.9. The van der Waals surface area contributed by atoms with E-state index < -0.39 is 434 Å². The molecule has 0 saturated carbocycles. The molecular formula is C9H31O67Si46. The van der Waals surface area contributed by atoms with E-state index in [1.807, 2.05) is 0 Å². The molecule has 67 nitrogen and oxygen atoms in total. The van der Waals surface area contributed by atoms with Crippen molar-refractivity contribution in [1.29, 1.82) is 0 Å². The van der Waals surface area contributed by atoms with Crippen molar-refractivity contribution in [2.24, 2.45) is 0 Å². The summed E-state index contributed by atoms with van der Waals surface area (Å²) in [4.78, 5) is 47.6. The van der Waals surface area contributed by atoms with Gasteiger partial charge in [0, 0.05) is 13.7 Å². The standard InChI is InChI=1S/C9H31O67Si46/c1-14-89-20-80(4)17-81(5)21-94-39-101-41-95-26-84(8)71-121(9)72-88(13)33-97-30-87(12)32-99-45-98-31-86(11)29-96-28-85(10)27-91-24-82(6)22-90-23-83(7)25-116-63-93-19-79(3)16-77-15-78(2)18-92-36-100(34-89)48-102(40-94)50-106-54-108-55-107(57-111(44-97)64-117(73-121)65-112(58-108)56-103(42-95)49-101)52-105(47-99)53-109(51-104(43-96)46-98)60-114-61-113(59-106)67-119(66-110(37-92)38-93)76-122(74-116)75-118(62-90)68-115(35-91)70-120(122)69-114/h10-13H,1-9H3. The highest BCUT2D eigenvalue weighted by atomic mass is 29.3. The zero-order valence-electron chi connectivity index (χ0n) is 59.5. The predicted molar refractivity (Wildman–Crippen MR) is 395 cm³/mol. The molecule has 0 aliphatic carbocycles. The average molecular weight is 2500 g/mol. The summed E-state index contributed by atoms with van der Waals surface area (Å²) in [6.07, 6.45) is 0. The Morgan fingerprint density at radius 2 is 0.393 bits per heavy atom. The van der Waals surface area contributed by atoms with E-state index >= 15 is 0 Å². The van der Waals surface area contributed by atoms with Gasteiger partial charge in [-0.3, -0.25) is 0 Å². The number of rotatable bonds is 1. The Morgan fingerprint density at radius 3 is 0.721 bits per heavy atom. The minimum atomic E-state index is -5.65. The molecule has 2 unspecified atom stereocenters. The monoisotopic (exact) mass is 2500 g/mol. The molecule has 122 heavy (non-hydrogen) atoms. The van der Waals surface area contributed by atoms with E-state index in [9.17, 15) is 19.2 Å². The fourth-order valence-corrected chi connectivity index (χ4v) is 121. The van der Waals surface area contributed by atoms with E-state index in [0.29, 0.717) is 0 Å². The molecule has 0 aromatic carbocycles. The Morgan fingerprint density at radius 1 is 0.189 bits per heavy atom. The highest BCUT2D eigenvalue weighted by Gasteiger charge is 2.73. The van der Waals surface area contributed by atoms with Crippen LogP contribution >= 0.6 is 0 Å². The second-order valence-electron chi connectivity index (χ2n) is 20.6. The van der Waals surface area contributed by atoms with Crippen molar-refractivity contribution in [1.82, 2.24) is 0 Å². The van der Waals surface area contributed by atoms with Crippen molar-refractivity contribution in [2.75, 3.05) is 7.11 Å². The first-order valence-electron chi connectivity index (χ1n) is 31.1. The number of hydrogen-bond acceptors (Lipinski definition) is 67. The molecule has 653 valence electrons. The van der Waals surface area contributed by atoms with Crippen LogP contribution in [0.15, 0.2) is 0 Å². The van der Waals surface area contributed by atoms with Crippen LogP contribution in [-0.2, 0) is 260 Å². The molecule has 4 N–H and O–H groups in total. The third-order valence-electron chi connectivity index (χ3n) is 12.0. The van der Waals surface area contributed by atoms with Crippen LogP contribution in [-0.4, -0.2) is 461 Å². The van der Waals surface area contributed by atoms with Gasteiger partial charge in [0.05, 0.1) is 0 Å². The van der Waals surface area contributed by atoms with Crippen molar-refractivity contribution in [2.45, 2.75) is 52.4 Å². The van der Waals surface area contributed by atoms with Gasteiger partial charge in [-0.05, 0) is 45.8 Å². The molecule has 18 aliphatic rings. The zero-order valence-corrected chi connectivity index (χ0v) is 106. The molecule has 18 aliphatic heterocycles. The minimum Gasteiger partial charge on any atom is -0.414 e. The van der Waals surface area contributed by atoms with E-state index in [-0.39, 0.29) is 0 Å². The van der Waals surface area contributed by atoms with Crippen LogP contribution in [0.25, 0.3) is 0 Å². The van der Waals surface area contributed by atoms with Gasteiger partial charge >= 0.3 is 434 Å². The summed E-state index contributed by atoms with van der Waals surface area (Å²) in [7, 11) is -167. The van der Waals surface area contributed by atoms with Crippen molar-refractivity contribution < 1.29 is 279 Å². The lowest BCUT2D eigenvalue weighted by Crippen LogP contribution is -2.71. The Hall–Kier alpha value is 7.30. The van der Waals surface area contributed by atoms with Crippen LogP contribution in [0, 0.1) is 0 Å². The van der Waals surface area contributed by atoms with Crippen molar-refractivity contribution in [3.63, 3.8) is 0 Å². The summed E-state index contributed by atoms with van der Waals surface area (Å²) in [5.41, 5.74) is 0. The Bertz CT molecular complexity index is 3310. The van der Waals surface area contributed by atoms with E-state index in [4.69, 9.17) is 260 Å². The second kappa shape index (κ2) is 46.1. The summed E-state index contributed by atoms with van der Waals surface area (Å²) in [6, 6.07) is 0. The van der Waals surface area contributed by atoms with E-state index in [1.54, 1.807) is 26.2 Å². The van der Waals surface area contributed by atoms with Gasteiger partial charge in [0.25, 0.3) is 0 Å². The first-order chi connectivity index (χ1) is 58.7. The van der Waals surface area contributed by atoms with Gasteiger partial charge in [-0.25, -0.2) is 0 Å². The van der Waals surface area contributed by atoms with Crippen LogP contribution in [0.1, 0.15) is 0 Å². The molecule has 2 atom stereocenters. The smallest absolute Gasteiger partial charge is 0.414 e. The molecule has 113 heteroatoms. The number of fused-ring (bicyclic) bond motifs is 14. The fraction of sp³-hybridized carbons (Fsp3) is 1.00. The van der Waals surface area contributed by atoms with Gasteiger partial charge in [-0.1, -0.05) is 0 Å². The van der Waals surface area contributed by atoms with Crippen LogP contribution in [0.4, 0.5) is 0 Å². The lowest BCUT2D eigenvalue weighted by molar-refractivity contribution is 0.0749. The molecular weight excluding hydrogens is 2470 g/mol. The van der Waals surface area contributed by atoms with Crippen molar-refractivity contribution in [3.05, 3.63) is 0 Å². The highest BCUT2D eigenvalue weighted by Crippen LogP contribution is 2.35. The van der Waals surface area contributed by atoms with Crippen LogP contribution < -0.4 is 0 Å². The molecule has 0 aromatic rings. The fourth-order valence-electron chi connectivity index (χ4n) is 7.93. The SMILES string of the molecule is CO[Si]1O[Si](C)O[Si](C)O[Si]2O[Si]3O[Si]4O[Si](C)O[Si]5(C)O[Si](O)O[Si]6O[Si](O)O[Si]7O[Si]8O[Si](O)O[Si]9O[Si](O)O[Si]%10O[Si](C)O[Si]%11O[Si](C)O[Si]%12O[Si]%13O[Si](C)O[Si]O[Si](C)O[Si]%14O[Si](O1)O[Si](O2)O[Si]1O[Si]2O[Si](O[Si](O7)O[Si](O[Si](O9)O8)O[Si]7O[Si](O1)O[Si](O[Si](O%14)O%13)O[Si]1(O%12)O[Si](O%11)O[Si](O%10)O[Si]1O7)O[Si](O6)O[Si](O[Si](O[Si](O4)O3)O2)O5. The van der Waals surface area contributed by atoms with Gasteiger partial charge in [0.15, 0.2) is 0 Å². The summed E-state index contributed by atoms with van der Waals surface area (Å²) < 4.78 is 412. The van der Waals surface area contributed by atoms with Gasteiger partial charge in [-0.15, -0.1) is 0 Å². The average Bonchev–Trinajstić information content (AvgIpc) is 1.54. The molecule has 33 bridgehead atoms. The van der Waals surface area contributed by atoms with E-state index in [2.05, 4.69) is 0 Å². The molecule has 18 saturated heterocycles. The predicted octanol–water partition coefficient (Wildman–Crippen LogP) is -19.2. The van der Waals surface area contributed by atoms with Gasteiger partial charge < -0.3 is 279 Å². The maximum Gasteiger partial charge on any atom is 0.559 e. The van der Waals surface area contributed by atoms with Gasteiger partial charge in [0.2, 0.25) is 0 Å². The lowest BCUT2D eigenvalue weighted by atomic mass is 11.8. The summed E-state index contributed by atoms with van der Waals surface area (Å²) in [5, 5.41) is 0. The molecule has 18 heterocycles.